The van der Waals surface area contributed by atoms with E-state index in [2.05, 4.69) is 29.6 Å². The average molecular weight is 496 g/mol. The Kier molecular flexibility index (Phi) is 6.59. The molecular formula is C24H29N5O3SSi. The summed E-state index contributed by atoms with van der Waals surface area (Å²) in [4.78, 5) is 8.78. The molecule has 0 saturated heterocycles. The number of rotatable bonds is 8. The number of nitrogens with two attached hydrogens (primary N) is 2. The third-order valence-electron chi connectivity index (χ3n) is 5.56. The fourth-order valence-electron chi connectivity index (χ4n) is 3.75. The van der Waals surface area contributed by atoms with Crippen LogP contribution in [0.5, 0.6) is 0 Å². The van der Waals surface area contributed by atoms with Gasteiger partial charge in [-0.05, 0) is 59.1 Å². The van der Waals surface area contributed by atoms with Gasteiger partial charge in [-0.2, -0.15) is 0 Å². The molecular weight excluding hydrogens is 466 g/mol. The minimum absolute atomic E-state index is 0.0524. The zero-order valence-electron chi connectivity index (χ0n) is 19.5. The number of nitrogens with zero attached hydrogens (tertiary/aromatic N) is 3. The van der Waals surface area contributed by atoms with E-state index in [1.807, 2.05) is 34.9 Å². The van der Waals surface area contributed by atoms with Gasteiger partial charge in [0.2, 0.25) is 10.0 Å². The molecule has 3 heterocycles. The number of hydrogen-bond donors (Lipinski definition) is 2. The number of primary sulfonamides is 1. The highest BCUT2D eigenvalue weighted by molar-refractivity contribution is 7.89. The minimum Gasteiger partial charge on any atom is -0.384 e. The van der Waals surface area contributed by atoms with E-state index in [9.17, 15) is 8.42 Å². The van der Waals surface area contributed by atoms with Crippen LogP contribution in [-0.2, 0) is 21.5 Å². The van der Waals surface area contributed by atoms with Crippen molar-refractivity contribution < 1.29 is 13.2 Å². The largest absolute Gasteiger partial charge is 0.384 e. The van der Waals surface area contributed by atoms with Crippen LogP contribution >= 0.6 is 0 Å². The topological polar surface area (TPSA) is 126 Å². The zero-order valence-corrected chi connectivity index (χ0v) is 21.3. The second-order valence-electron chi connectivity index (χ2n) is 9.44. The highest BCUT2D eigenvalue weighted by Crippen LogP contribution is 2.34. The van der Waals surface area contributed by atoms with Gasteiger partial charge in [-0.1, -0.05) is 31.8 Å². The van der Waals surface area contributed by atoms with Crippen molar-refractivity contribution in [3.63, 3.8) is 0 Å². The Morgan fingerprint density at radius 2 is 1.76 bits per heavy atom. The van der Waals surface area contributed by atoms with Gasteiger partial charge in [-0.3, -0.25) is 0 Å². The van der Waals surface area contributed by atoms with Crippen LogP contribution in [0.1, 0.15) is 0 Å². The van der Waals surface area contributed by atoms with Crippen molar-refractivity contribution in [3.05, 3.63) is 60.9 Å². The fraction of sp³-hybridized carbons (Fsp3) is 0.250. The average Bonchev–Trinajstić information content (AvgIpc) is 3.14. The molecule has 0 aliphatic carbocycles. The van der Waals surface area contributed by atoms with E-state index in [0.29, 0.717) is 18.0 Å². The number of aromatic nitrogens is 3. The molecule has 4 rings (SSSR count). The van der Waals surface area contributed by atoms with Gasteiger partial charge in [0.05, 0.1) is 10.6 Å². The van der Waals surface area contributed by atoms with Gasteiger partial charge in [0, 0.05) is 32.5 Å². The van der Waals surface area contributed by atoms with Crippen molar-refractivity contribution in [2.24, 2.45) is 5.14 Å². The molecule has 0 atom stereocenters. The molecule has 10 heteroatoms. The van der Waals surface area contributed by atoms with E-state index in [1.165, 1.54) is 6.07 Å². The summed E-state index contributed by atoms with van der Waals surface area (Å²) in [5.41, 5.74) is 10.0. The lowest BCUT2D eigenvalue weighted by molar-refractivity contribution is 0.0909. The standard InChI is InChI=1S/C24H29N5O3SSi/c1-34(2,3)12-11-32-16-29-22(18-5-4-6-19(13-18)33(26,30)31)15-21-20(8-10-28-24(21)29)17-7-9-27-23(25)14-17/h4-10,13-15H,11-12,16H2,1-3H3,(H2,25,27)(H2,26,30,31). The fourth-order valence-corrected chi connectivity index (χ4v) is 5.07. The molecule has 0 bridgehead atoms. The van der Waals surface area contributed by atoms with Crippen molar-refractivity contribution in [1.29, 1.82) is 0 Å². The Hall–Kier alpha value is -3.05. The van der Waals surface area contributed by atoms with Crippen molar-refractivity contribution in [2.75, 3.05) is 12.3 Å². The Morgan fingerprint density at radius 1 is 1.00 bits per heavy atom. The molecule has 8 nitrogen and oxygen atoms in total. The van der Waals surface area contributed by atoms with Gasteiger partial charge in [-0.25, -0.2) is 23.5 Å². The highest BCUT2D eigenvalue weighted by atomic mass is 32.2. The van der Waals surface area contributed by atoms with Crippen molar-refractivity contribution in [2.45, 2.75) is 37.3 Å². The Bertz CT molecular complexity index is 1440. The maximum Gasteiger partial charge on any atom is 0.238 e. The minimum atomic E-state index is -3.84. The van der Waals surface area contributed by atoms with Crippen LogP contribution in [0, 0.1) is 0 Å². The predicted octanol–water partition coefficient (Wildman–Crippen LogP) is 4.31. The number of fused-ring (bicyclic) bond motifs is 1. The first-order valence-electron chi connectivity index (χ1n) is 10.9. The zero-order chi connectivity index (χ0) is 24.5. The molecule has 0 unspecified atom stereocenters. The first kappa shape index (κ1) is 24.1. The SMILES string of the molecule is C[Si](C)(C)CCOCn1c(-c2cccc(S(N)(=O)=O)c2)cc2c(-c3ccnc(N)c3)ccnc21. The molecule has 3 aromatic heterocycles. The number of nitrogen functional groups attached to an aromatic ring is 1. The van der Waals surface area contributed by atoms with E-state index < -0.39 is 18.1 Å². The molecule has 0 spiro atoms. The molecule has 34 heavy (non-hydrogen) atoms. The molecule has 178 valence electrons. The normalized spacial score (nSPS) is 12.4. The van der Waals surface area contributed by atoms with Crippen molar-refractivity contribution >= 4 is 34.9 Å². The van der Waals surface area contributed by atoms with E-state index >= 15 is 0 Å². The second-order valence-corrected chi connectivity index (χ2v) is 16.6. The third-order valence-corrected chi connectivity index (χ3v) is 8.18. The van der Waals surface area contributed by atoms with Gasteiger partial charge in [0.15, 0.2) is 0 Å². The summed E-state index contributed by atoms with van der Waals surface area (Å²) in [5, 5.41) is 6.29. The smallest absolute Gasteiger partial charge is 0.238 e. The summed E-state index contributed by atoms with van der Waals surface area (Å²) >= 11 is 0. The summed E-state index contributed by atoms with van der Waals surface area (Å²) in [6.07, 6.45) is 3.42. The van der Waals surface area contributed by atoms with Crippen LogP contribution in [0.25, 0.3) is 33.4 Å². The lowest BCUT2D eigenvalue weighted by Crippen LogP contribution is -2.22. The lowest BCUT2D eigenvalue weighted by atomic mass is 10.0. The van der Waals surface area contributed by atoms with Crippen LogP contribution in [0.2, 0.25) is 25.7 Å². The molecule has 4 N–H and O–H groups in total. The molecule has 0 aliphatic rings. The molecule has 4 aromatic rings. The second kappa shape index (κ2) is 9.30. The summed E-state index contributed by atoms with van der Waals surface area (Å²) in [6.45, 7) is 7.85. The van der Waals surface area contributed by atoms with Crippen molar-refractivity contribution in [3.8, 4) is 22.4 Å². The third kappa shape index (κ3) is 5.36. The molecule has 0 amide bonds. The molecule has 0 fully saturated rings. The maximum atomic E-state index is 12.0. The summed E-state index contributed by atoms with van der Waals surface area (Å²) < 4.78 is 32.0. The molecule has 0 saturated carbocycles. The monoisotopic (exact) mass is 495 g/mol. The summed E-state index contributed by atoms with van der Waals surface area (Å²) in [5.74, 6) is 0.428. The first-order chi connectivity index (χ1) is 16.0. The number of ether oxygens (including phenoxy) is 1. The van der Waals surface area contributed by atoms with Gasteiger partial charge in [0.1, 0.15) is 18.2 Å². The highest BCUT2D eigenvalue weighted by Gasteiger charge is 2.18. The molecule has 0 radical (unpaired) electrons. The van der Waals surface area contributed by atoms with Crippen LogP contribution < -0.4 is 10.9 Å². The van der Waals surface area contributed by atoms with Gasteiger partial charge in [-0.15, -0.1) is 0 Å². The quantitative estimate of drug-likeness (QED) is 0.277. The van der Waals surface area contributed by atoms with E-state index in [-0.39, 0.29) is 11.6 Å². The Labute approximate surface area is 200 Å². The van der Waals surface area contributed by atoms with Gasteiger partial charge >= 0.3 is 0 Å². The molecule has 0 aliphatic heterocycles. The maximum absolute atomic E-state index is 12.0. The van der Waals surface area contributed by atoms with Crippen LogP contribution in [0.15, 0.2) is 65.8 Å². The summed E-state index contributed by atoms with van der Waals surface area (Å²) in [7, 11) is -5.09. The number of sulfonamides is 1. The van der Waals surface area contributed by atoms with E-state index in [1.54, 1.807) is 24.5 Å². The van der Waals surface area contributed by atoms with Crippen molar-refractivity contribution in [1.82, 2.24) is 14.5 Å². The predicted molar refractivity (Wildman–Crippen MR) is 138 cm³/mol. The van der Waals surface area contributed by atoms with Gasteiger partial charge < -0.3 is 15.0 Å². The summed E-state index contributed by atoms with van der Waals surface area (Å²) in [6, 6.07) is 15.3. The van der Waals surface area contributed by atoms with Crippen LogP contribution in [0.4, 0.5) is 5.82 Å². The van der Waals surface area contributed by atoms with Crippen LogP contribution in [0.3, 0.4) is 0 Å². The lowest BCUT2D eigenvalue weighted by Gasteiger charge is -2.17. The van der Waals surface area contributed by atoms with Gasteiger partial charge in [0.25, 0.3) is 0 Å². The number of benzene rings is 1. The molecule has 1 aromatic carbocycles. The van der Waals surface area contributed by atoms with E-state index in [0.717, 1.165) is 33.9 Å². The number of hydrogen-bond acceptors (Lipinski definition) is 6. The number of pyridine rings is 2. The Morgan fingerprint density at radius 3 is 2.47 bits per heavy atom. The van der Waals surface area contributed by atoms with E-state index in [4.69, 9.17) is 15.6 Å². The van der Waals surface area contributed by atoms with Crippen LogP contribution in [-0.4, -0.2) is 37.6 Å². The first-order valence-corrected chi connectivity index (χ1v) is 16.2. The Balaban J connectivity index is 1.85. The number of anilines is 1.